The Morgan fingerprint density at radius 1 is 0.652 bits per heavy atom. The molecule has 0 aromatic heterocycles. The number of allylic oxidation sites excluding steroid dienone is 4. The van der Waals surface area contributed by atoms with Crippen molar-refractivity contribution >= 4 is 28.5 Å². The van der Waals surface area contributed by atoms with Crippen LogP contribution in [0.4, 0.5) is 0 Å². The summed E-state index contributed by atoms with van der Waals surface area (Å²) in [5.41, 5.74) is 4.02. The monoisotopic (exact) mass is 298 g/mol. The minimum Gasteiger partial charge on any atom is -0.293 e. The molecule has 23 heavy (non-hydrogen) atoms. The molecule has 1 unspecified atom stereocenters. The molecule has 2 aromatic rings. The summed E-state index contributed by atoms with van der Waals surface area (Å²) < 4.78 is 0. The third-order valence-electron chi connectivity index (χ3n) is 4.84. The van der Waals surface area contributed by atoms with E-state index in [1.807, 2.05) is 12.1 Å². The Kier molecular flexibility index (Phi) is 2.18. The molecule has 1 atom stereocenters. The van der Waals surface area contributed by atoms with Gasteiger partial charge in [-0.15, -0.1) is 0 Å². The lowest BCUT2D eigenvalue weighted by Crippen LogP contribution is -2.24. The van der Waals surface area contributed by atoms with Crippen LogP contribution in [0.2, 0.25) is 0 Å². The number of fused-ring (bicyclic) bond motifs is 5. The first-order valence-electron chi connectivity index (χ1n) is 7.46. The molecule has 0 heterocycles. The maximum Gasteiger partial charge on any atom is 0.194 e. The van der Waals surface area contributed by atoms with Gasteiger partial charge in [0.05, 0.1) is 0 Å². The number of rotatable bonds is 0. The zero-order valence-electron chi connectivity index (χ0n) is 12.0. The van der Waals surface area contributed by atoms with Gasteiger partial charge in [-0.3, -0.25) is 14.4 Å². The zero-order valence-corrected chi connectivity index (χ0v) is 12.0. The quantitative estimate of drug-likeness (QED) is 0.702. The van der Waals surface area contributed by atoms with Crippen LogP contribution >= 0.6 is 0 Å². The van der Waals surface area contributed by atoms with Crippen molar-refractivity contribution in [3.63, 3.8) is 0 Å². The van der Waals surface area contributed by atoms with Crippen molar-refractivity contribution in [1.82, 2.24) is 0 Å². The molecule has 5 rings (SSSR count). The van der Waals surface area contributed by atoms with E-state index in [2.05, 4.69) is 0 Å². The molecule has 3 heteroatoms. The van der Waals surface area contributed by atoms with Crippen molar-refractivity contribution in [2.24, 2.45) is 5.92 Å². The Morgan fingerprint density at radius 3 is 2.00 bits per heavy atom. The average Bonchev–Trinajstić information content (AvgIpc) is 3.03. The smallest absolute Gasteiger partial charge is 0.194 e. The second-order valence-corrected chi connectivity index (χ2v) is 5.97. The predicted octanol–water partition coefficient (Wildman–Crippen LogP) is 3.12. The molecule has 3 aliphatic carbocycles. The van der Waals surface area contributed by atoms with Gasteiger partial charge in [0.25, 0.3) is 0 Å². The van der Waals surface area contributed by atoms with E-state index >= 15 is 0 Å². The number of hydrogen-bond donors (Lipinski definition) is 0. The van der Waals surface area contributed by atoms with Gasteiger partial charge in [-0.1, -0.05) is 48.5 Å². The van der Waals surface area contributed by atoms with Crippen LogP contribution in [0.5, 0.6) is 0 Å². The molecule has 3 nitrogen and oxygen atoms in total. The maximum atomic E-state index is 13.0. The highest BCUT2D eigenvalue weighted by Crippen LogP contribution is 2.47. The molecule has 0 radical (unpaired) electrons. The van der Waals surface area contributed by atoms with Crippen LogP contribution in [0.1, 0.15) is 31.8 Å². The van der Waals surface area contributed by atoms with E-state index in [-0.39, 0.29) is 17.3 Å². The first-order valence-corrected chi connectivity index (χ1v) is 7.46. The molecule has 0 spiro atoms. The summed E-state index contributed by atoms with van der Waals surface area (Å²) in [7, 11) is 0. The molecular formula is C20H10O3. The fourth-order valence-electron chi connectivity index (χ4n) is 3.83. The molecule has 2 aromatic carbocycles. The van der Waals surface area contributed by atoms with Crippen molar-refractivity contribution < 1.29 is 14.4 Å². The zero-order chi connectivity index (χ0) is 15.7. The normalized spacial score (nSPS) is 21.0. The maximum absolute atomic E-state index is 13.0. The molecule has 3 aliphatic rings. The summed E-state index contributed by atoms with van der Waals surface area (Å²) in [4.78, 5) is 38.3. The fourth-order valence-corrected chi connectivity index (χ4v) is 3.83. The SMILES string of the molecule is O=C1C2=C(C(=O)C3C(=O)c4ccccc4C3=C2)c2ccccc21. The Labute approximate surface area is 131 Å². The molecule has 0 amide bonds. The third kappa shape index (κ3) is 1.37. The van der Waals surface area contributed by atoms with E-state index in [9.17, 15) is 14.4 Å². The Bertz CT molecular complexity index is 1020. The predicted molar refractivity (Wildman–Crippen MR) is 84.9 cm³/mol. The number of benzene rings is 2. The molecule has 108 valence electrons. The molecular weight excluding hydrogens is 288 g/mol. The Hall–Kier alpha value is -3.07. The highest BCUT2D eigenvalue weighted by atomic mass is 16.2. The van der Waals surface area contributed by atoms with Crippen LogP contribution in [0.3, 0.4) is 0 Å². The van der Waals surface area contributed by atoms with Crippen molar-refractivity contribution in [3.05, 3.63) is 82.4 Å². The Balaban J connectivity index is 1.81. The third-order valence-corrected chi connectivity index (χ3v) is 4.84. The minimum absolute atomic E-state index is 0.133. The van der Waals surface area contributed by atoms with Crippen LogP contribution in [0.15, 0.2) is 60.2 Å². The largest absolute Gasteiger partial charge is 0.293 e. The molecule has 0 aliphatic heterocycles. The van der Waals surface area contributed by atoms with E-state index in [1.165, 1.54) is 0 Å². The molecule has 0 saturated carbocycles. The van der Waals surface area contributed by atoms with Crippen LogP contribution in [-0.2, 0) is 4.79 Å². The number of carbonyl (C=O) groups excluding carboxylic acids is 3. The number of ketones is 3. The van der Waals surface area contributed by atoms with E-state index in [1.54, 1.807) is 42.5 Å². The minimum atomic E-state index is -0.801. The summed E-state index contributed by atoms with van der Waals surface area (Å²) >= 11 is 0. The van der Waals surface area contributed by atoms with Gasteiger partial charge in [0.15, 0.2) is 17.3 Å². The van der Waals surface area contributed by atoms with Crippen molar-refractivity contribution in [2.45, 2.75) is 0 Å². The standard InChI is InChI=1S/C20H10O3/c21-18-13-8-4-2-6-11(13)16-15(18)9-14-10-5-1-3-7-12(10)19(22)17(14)20(16)23/h1-9,17H. The molecule has 0 fully saturated rings. The van der Waals surface area contributed by atoms with Gasteiger partial charge < -0.3 is 0 Å². The van der Waals surface area contributed by atoms with Gasteiger partial charge in [-0.25, -0.2) is 0 Å². The van der Waals surface area contributed by atoms with Crippen LogP contribution in [0.25, 0.3) is 11.1 Å². The van der Waals surface area contributed by atoms with Gasteiger partial charge >= 0.3 is 0 Å². The van der Waals surface area contributed by atoms with Gasteiger partial charge in [0.1, 0.15) is 5.92 Å². The first-order chi connectivity index (χ1) is 11.2. The summed E-state index contributed by atoms with van der Waals surface area (Å²) in [5.74, 6) is -1.35. The number of carbonyl (C=O) groups is 3. The van der Waals surface area contributed by atoms with E-state index in [0.717, 1.165) is 5.56 Å². The van der Waals surface area contributed by atoms with Crippen molar-refractivity contribution in [2.75, 3.05) is 0 Å². The van der Waals surface area contributed by atoms with Crippen LogP contribution < -0.4 is 0 Å². The van der Waals surface area contributed by atoms with Crippen molar-refractivity contribution in [1.29, 1.82) is 0 Å². The average molecular weight is 298 g/mol. The number of Topliss-reactive ketones (excluding diaryl/α,β-unsaturated/α-hetero) is 3. The van der Waals surface area contributed by atoms with Gasteiger partial charge in [-0.05, 0) is 22.8 Å². The fraction of sp³-hybridized carbons (Fsp3) is 0.0500. The highest BCUT2D eigenvalue weighted by Gasteiger charge is 2.47. The molecule has 0 N–H and O–H groups in total. The lowest BCUT2D eigenvalue weighted by atomic mass is 9.82. The van der Waals surface area contributed by atoms with E-state index in [0.29, 0.717) is 33.4 Å². The van der Waals surface area contributed by atoms with Gasteiger partial charge in [-0.2, -0.15) is 0 Å². The molecule has 0 saturated heterocycles. The summed E-state index contributed by atoms with van der Waals surface area (Å²) in [6.07, 6.45) is 1.74. The van der Waals surface area contributed by atoms with Crippen LogP contribution in [0, 0.1) is 5.92 Å². The second kappa shape index (κ2) is 4.02. The van der Waals surface area contributed by atoms with Gasteiger partial charge in [0.2, 0.25) is 0 Å². The highest BCUT2D eigenvalue weighted by molar-refractivity contribution is 6.45. The van der Waals surface area contributed by atoms with E-state index in [4.69, 9.17) is 0 Å². The van der Waals surface area contributed by atoms with E-state index < -0.39 is 5.92 Å². The van der Waals surface area contributed by atoms with Crippen LogP contribution in [-0.4, -0.2) is 17.3 Å². The second-order valence-electron chi connectivity index (χ2n) is 5.97. The number of hydrogen-bond acceptors (Lipinski definition) is 3. The summed E-state index contributed by atoms with van der Waals surface area (Å²) in [6, 6.07) is 14.3. The van der Waals surface area contributed by atoms with Gasteiger partial charge in [0, 0.05) is 22.3 Å². The lowest BCUT2D eigenvalue weighted by Gasteiger charge is -2.17. The first kappa shape index (κ1) is 12.5. The lowest BCUT2D eigenvalue weighted by molar-refractivity contribution is -0.114. The van der Waals surface area contributed by atoms with Crippen molar-refractivity contribution in [3.8, 4) is 0 Å². The topological polar surface area (TPSA) is 51.2 Å². The summed E-state index contributed by atoms with van der Waals surface area (Å²) in [6.45, 7) is 0. The Morgan fingerprint density at radius 2 is 1.26 bits per heavy atom. The summed E-state index contributed by atoms with van der Waals surface area (Å²) in [5, 5.41) is 0. The molecule has 0 bridgehead atoms.